The van der Waals surface area contributed by atoms with E-state index in [4.69, 9.17) is 14.6 Å². The number of carbonyl (C=O) groups excluding carboxylic acids is 1. The number of pyridine rings is 1. The first-order valence-electron chi connectivity index (χ1n) is 10.4. The number of para-hydroxylation sites is 1. The van der Waals surface area contributed by atoms with Gasteiger partial charge in [0.1, 0.15) is 0 Å². The number of carboxylic acids is 1. The molecule has 1 amide bonds. The molecule has 5 rings (SSSR count). The van der Waals surface area contributed by atoms with E-state index in [1.165, 1.54) is 12.8 Å². The number of benzene rings is 1. The number of halogens is 3. The van der Waals surface area contributed by atoms with Crippen molar-refractivity contribution in [2.24, 2.45) is 5.92 Å². The van der Waals surface area contributed by atoms with Gasteiger partial charge in [-0.15, -0.1) is 11.8 Å². The summed E-state index contributed by atoms with van der Waals surface area (Å²) >= 11 is 2.00. The zero-order chi connectivity index (χ0) is 22.9. The number of amides is 1. The van der Waals surface area contributed by atoms with E-state index < -0.39 is 12.1 Å². The van der Waals surface area contributed by atoms with Crippen molar-refractivity contribution in [1.82, 2.24) is 9.88 Å². The largest absolute Gasteiger partial charge is 0.490 e. The Labute approximate surface area is 187 Å². The van der Waals surface area contributed by atoms with Crippen molar-refractivity contribution in [1.29, 1.82) is 0 Å². The number of hydrogen-bond acceptors (Lipinski definition) is 5. The fraction of sp³-hybridized carbons (Fsp3) is 0.500. The van der Waals surface area contributed by atoms with Crippen LogP contribution in [-0.4, -0.2) is 69.3 Å². The second kappa shape index (κ2) is 8.90. The Kier molecular flexibility index (Phi) is 6.35. The number of ether oxygens (including phenoxy) is 1. The minimum Gasteiger partial charge on any atom is -0.475 e. The van der Waals surface area contributed by atoms with Crippen molar-refractivity contribution in [2.75, 3.05) is 25.4 Å². The maximum absolute atomic E-state index is 12.9. The van der Waals surface area contributed by atoms with Crippen molar-refractivity contribution < 1.29 is 32.6 Å². The molecule has 172 valence electrons. The highest BCUT2D eigenvalue weighted by molar-refractivity contribution is 8.01. The van der Waals surface area contributed by atoms with E-state index in [0.717, 1.165) is 54.3 Å². The molecule has 10 heteroatoms. The highest BCUT2D eigenvalue weighted by Crippen LogP contribution is 2.47. The summed E-state index contributed by atoms with van der Waals surface area (Å²) in [5.41, 5.74) is 1.65. The third-order valence-electron chi connectivity index (χ3n) is 5.81. The minimum atomic E-state index is -5.08. The second-order valence-electron chi connectivity index (χ2n) is 8.44. The average molecular weight is 468 g/mol. The van der Waals surface area contributed by atoms with Gasteiger partial charge in [-0.1, -0.05) is 18.2 Å². The molecule has 1 aromatic heterocycles. The minimum absolute atomic E-state index is 0.132. The third kappa shape index (κ3) is 5.17. The normalized spacial score (nSPS) is 21.7. The van der Waals surface area contributed by atoms with Crippen LogP contribution in [0.1, 0.15) is 29.6 Å². The van der Waals surface area contributed by atoms with E-state index in [-0.39, 0.29) is 10.7 Å². The first-order chi connectivity index (χ1) is 15.2. The van der Waals surface area contributed by atoms with E-state index in [2.05, 4.69) is 4.98 Å². The van der Waals surface area contributed by atoms with Crippen LogP contribution in [0.25, 0.3) is 10.9 Å². The predicted octanol–water partition coefficient (Wildman–Crippen LogP) is 3.99. The maximum atomic E-state index is 12.9. The highest BCUT2D eigenvalue weighted by Gasteiger charge is 2.51. The van der Waals surface area contributed by atoms with Gasteiger partial charge in [0.15, 0.2) is 0 Å². The molecule has 3 heterocycles. The van der Waals surface area contributed by atoms with Crippen molar-refractivity contribution in [2.45, 2.75) is 36.3 Å². The summed E-state index contributed by atoms with van der Waals surface area (Å²) in [5, 5.41) is 8.07. The Hall–Kier alpha value is -2.33. The highest BCUT2D eigenvalue weighted by atomic mass is 32.2. The fourth-order valence-electron chi connectivity index (χ4n) is 3.93. The van der Waals surface area contributed by atoms with Gasteiger partial charge in [0.25, 0.3) is 5.91 Å². The molecule has 1 spiro atoms. The summed E-state index contributed by atoms with van der Waals surface area (Å²) in [4.78, 5) is 28.2. The van der Waals surface area contributed by atoms with E-state index in [9.17, 15) is 18.0 Å². The maximum Gasteiger partial charge on any atom is 0.490 e. The first kappa shape index (κ1) is 22.8. The number of carboxylic acid groups (broad SMARTS) is 1. The van der Waals surface area contributed by atoms with Gasteiger partial charge in [0, 0.05) is 37.0 Å². The molecule has 3 aliphatic rings. The molecule has 2 saturated heterocycles. The molecule has 2 aromatic rings. The Morgan fingerprint density at radius 3 is 2.56 bits per heavy atom. The standard InChI is InChI=1S/C20H22N2O2S.C2HF3O2/c23-19(17-7-8-21-18-4-2-1-3-16(17)18)22-12-20(13-22)9-15(11-25-20)24-10-14-5-6-14;3-2(4,5)1(6)7/h1-4,7-8,14-15H,5-6,9-13H2;(H,6,7). The average Bonchev–Trinajstić information content (AvgIpc) is 3.47. The van der Waals surface area contributed by atoms with Crippen LogP contribution in [-0.2, 0) is 9.53 Å². The number of aliphatic carboxylic acids is 1. The molecule has 1 aromatic carbocycles. The Morgan fingerprint density at radius 1 is 1.22 bits per heavy atom. The molecule has 1 saturated carbocycles. The monoisotopic (exact) mass is 468 g/mol. The summed E-state index contributed by atoms with van der Waals surface area (Å²) in [6, 6.07) is 9.71. The number of alkyl halides is 3. The topological polar surface area (TPSA) is 79.7 Å². The number of hydrogen-bond donors (Lipinski definition) is 1. The zero-order valence-electron chi connectivity index (χ0n) is 17.2. The lowest BCUT2D eigenvalue weighted by atomic mass is 9.92. The quantitative estimate of drug-likeness (QED) is 0.731. The predicted molar refractivity (Wildman–Crippen MR) is 114 cm³/mol. The molecule has 2 aliphatic heterocycles. The molecular weight excluding hydrogens is 445 g/mol. The summed E-state index contributed by atoms with van der Waals surface area (Å²) in [7, 11) is 0. The smallest absolute Gasteiger partial charge is 0.475 e. The van der Waals surface area contributed by atoms with Crippen LogP contribution in [0.3, 0.4) is 0 Å². The summed E-state index contributed by atoms with van der Waals surface area (Å²) in [5.74, 6) is -0.729. The lowest BCUT2D eigenvalue weighted by molar-refractivity contribution is -0.192. The first-order valence-corrected chi connectivity index (χ1v) is 11.3. The second-order valence-corrected chi connectivity index (χ2v) is 9.92. The van der Waals surface area contributed by atoms with Gasteiger partial charge >= 0.3 is 12.1 Å². The number of fused-ring (bicyclic) bond motifs is 1. The number of carbonyl (C=O) groups is 2. The number of thioether (sulfide) groups is 1. The van der Waals surface area contributed by atoms with Gasteiger partial charge in [-0.3, -0.25) is 9.78 Å². The lowest BCUT2D eigenvalue weighted by Crippen LogP contribution is -2.60. The molecule has 1 atom stereocenters. The number of rotatable bonds is 4. The molecule has 6 nitrogen and oxygen atoms in total. The van der Waals surface area contributed by atoms with Gasteiger partial charge in [0.05, 0.1) is 21.9 Å². The number of likely N-dealkylation sites (tertiary alicyclic amines) is 1. The molecule has 1 unspecified atom stereocenters. The van der Waals surface area contributed by atoms with Gasteiger partial charge in [-0.25, -0.2) is 4.79 Å². The van der Waals surface area contributed by atoms with E-state index in [1.807, 2.05) is 47.0 Å². The molecular formula is C22H23F3N2O4S. The number of aromatic nitrogens is 1. The molecule has 32 heavy (non-hydrogen) atoms. The van der Waals surface area contributed by atoms with Crippen molar-refractivity contribution in [3.63, 3.8) is 0 Å². The molecule has 0 bridgehead atoms. The van der Waals surface area contributed by atoms with E-state index in [0.29, 0.717) is 6.10 Å². The third-order valence-corrected chi connectivity index (χ3v) is 7.38. The van der Waals surface area contributed by atoms with Gasteiger partial charge in [-0.05, 0) is 37.3 Å². The Balaban J connectivity index is 0.000000307. The van der Waals surface area contributed by atoms with Crippen molar-refractivity contribution in [3.8, 4) is 0 Å². The van der Waals surface area contributed by atoms with Crippen LogP contribution in [0.5, 0.6) is 0 Å². The fourth-order valence-corrected chi connectivity index (χ4v) is 5.48. The van der Waals surface area contributed by atoms with Crippen LogP contribution in [0, 0.1) is 5.92 Å². The Morgan fingerprint density at radius 2 is 1.91 bits per heavy atom. The number of nitrogens with zero attached hydrogens (tertiary/aromatic N) is 2. The van der Waals surface area contributed by atoms with Crippen LogP contribution >= 0.6 is 11.8 Å². The molecule has 0 radical (unpaired) electrons. The molecule has 3 fully saturated rings. The van der Waals surface area contributed by atoms with Gasteiger partial charge in [0.2, 0.25) is 0 Å². The molecule has 1 N–H and O–H groups in total. The van der Waals surface area contributed by atoms with E-state index in [1.54, 1.807) is 6.20 Å². The van der Waals surface area contributed by atoms with E-state index >= 15 is 0 Å². The van der Waals surface area contributed by atoms with Gasteiger partial charge < -0.3 is 14.7 Å². The van der Waals surface area contributed by atoms with Gasteiger partial charge in [-0.2, -0.15) is 13.2 Å². The van der Waals surface area contributed by atoms with Crippen LogP contribution in [0.2, 0.25) is 0 Å². The molecule has 1 aliphatic carbocycles. The van der Waals surface area contributed by atoms with Crippen LogP contribution in [0.4, 0.5) is 13.2 Å². The summed E-state index contributed by atoms with van der Waals surface area (Å²) in [6.07, 6.45) is 0.799. The summed E-state index contributed by atoms with van der Waals surface area (Å²) in [6.45, 7) is 2.62. The van der Waals surface area contributed by atoms with Crippen LogP contribution in [0.15, 0.2) is 36.5 Å². The zero-order valence-corrected chi connectivity index (χ0v) is 18.0. The summed E-state index contributed by atoms with van der Waals surface area (Å²) < 4.78 is 38.0. The SMILES string of the molecule is O=C(O)C(F)(F)F.O=C(c1ccnc2ccccc12)N1CC2(CC(OCC3CC3)CS2)C1. The van der Waals surface area contributed by atoms with Crippen molar-refractivity contribution in [3.05, 3.63) is 42.1 Å². The lowest BCUT2D eigenvalue weighted by Gasteiger charge is -2.47. The Bertz CT molecular complexity index is 1000. The van der Waals surface area contributed by atoms with Crippen LogP contribution < -0.4 is 0 Å². The van der Waals surface area contributed by atoms with Crippen molar-refractivity contribution >= 4 is 34.5 Å².